The fourth-order valence-corrected chi connectivity index (χ4v) is 2.00. The molecule has 0 fully saturated rings. The molecule has 7 heteroatoms. The number of nitrogens with zero attached hydrogens (tertiary/aromatic N) is 4. The molecule has 3 rings (SSSR count). The Hall–Kier alpha value is -3.09. The van der Waals surface area contributed by atoms with Gasteiger partial charge in [-0.3, -0.25) is 9.78 Å². The van der Waals surface area contributed by atoms with E-state index in [1.54, 1.807) is 6.20 Å². The Morgan fingerprint density at radius 3 is 2.65 bits per heavy atom. The summed E-state index contributed by atoms with van der Waals surface area (Å²) in [5.74, 6) is 0.988. The Labute approximate surface area is 132 Å². The summed E-state index contributed by atoms with van der Waals surface area (Å²) in [6.45, 7) is 3.97. The number of aryl methyl sites for hydroxylation is 2. The Morgan fingerprint density at radius 2 is 2.00 bits per heavy atom. The minimum Gasteiger partial charge on any atom is -0.471 e. The van der Waals surface area contributed by atoms with Gasteiger partial charge in [0.25, 0.3) is 0 Å². The van der Waals surface area contributed by atoms with E-state index in [0.29, 0.717) is 23.6 Å². The third kappa shape index (κ3) is 3.23. The number of aromatic nitrogens is 4. The molecule has 3 aromatic rings. The molecule has 3 heterocycles. The van der Waals surface area contributed by atoms with Crippen molar-refractivity contribution in [3.05, 3.63) is 53.4 Å². The standard InChI is InChI=1S/C16H14N4O3/c1-10-3-4-12(5-17-10)16-14(11(2)23-20-16)9-22-15-7-18-13(8-21)6-19-15/h3-8H,9H2,1-2H3. The van der Waals surface area contributed by atoms with Gasteiger partial charge in [0.05, 0.1) is 18.0 Å². The van der Waals surface area contributed by atoms with Gasteiger partial charge in [0.1, 0.15) is 23.8 Å². The number of rotatable bonds is 5. The SMILES string of the molecule is Cc1ccc(-c2noc(C)c2COc2cnc(C=O)cn2)cn1. The molecule has 7 nitrogen and oxygen atoms in total. The van der Waals surface area contributed by atoms with Crippen LogP contribution in [0.5, 0.6) is 5.88 Å². The van der Waals surface area contributed by atoms with Crippen molar-refractivity contribution < 1.29 is 14.1 Å². The first-order chi connectivity index (χ1) is 11.2. The van der Waals surface area contributed by atoms with Gasteiger partial charge < -0.3 is 9.26 Å². The Kier molecular flexibility index (Phi) is 4.09. The van der Waals surface area contributed by atoms with E-state index in [9.17, 15) is 4.79 Å². The van der Waals surface area contributed by atoms with Gasteiger partial charge in [0.15, 0.2) is 6.29 Å². The quantitative estimate of drug-likeness (QED) is 0.669. The fourth-order valence-electron chi connectivity index (χ4n) is 2.00. The molecule has 0 aliphatic carbocycles. The first-order valence-corrected chi connectivity index (χ1v) is 6.95. The number of aldehydes is 1. The zero-order chi connectivity index (χ0) is 16.2. The number of hydrogen-bond acceptors (Lipinski definition) is 7. The van der Waals surface area contributed by atoms with Crippen molar-refractivity contribution in [2.45, 2.75) is 20.5 Å². The second kappa shape index (κ2) is 6.35. The van der Waals surface area contributed by atoms with Crippen LogP contribution in [0.1, 0.15) is 27.5 Å². The van der Waals surface area contributed by atoms with Crippen LogP contribution in [0.4, 0.5) is 0 Å². The largest absolute Gasteiger partial charge is 0.471 e. The predicted octanol–water partition coefficient (Wildman–Crippen LogP) is 2.53. The minimum atomic E-state index is 0.230. The number of pyridine rings is 1. The van der Waals surface area contributed by atoms with E-state index in [4.69, 9.17) is 9.26 Å². The fraction of sp³-hybridized carbons (Fsp3) is 0.188. The summed E-state index contributed by atoms with van der Waals surface area (Å²) < 4.78 is 10.9. The van der Waals surface area contributed by atoms with Crippen LogP contribution < -0.4 is 4.74 Å². The van der Waals surface area contributed by atoms with E-state index in [-0.39, 0.29) is 12.3 Å². The average Bonchev–Trinajstić information content (AvgIpc) is 2.95. The lowest BCUT2D eigenvalue weighted by molar-refractivity contribution is 0.111. The molecule has 0 saturated carbocycles. The normalized spacial score (nSPS) is 10.5. The highest BCUT2D eigenvalue weighted by Gasteiger charge is 2.16. The third-order valence-electron chi connectivity index (χ3n) is 3.30. The molecule has 23 heavy (non-hydrogen) atoms. The molecule has 116 valence electrons. The maximum atomic E-state index is 10.6. The van der Waals surface area contributed by atoms with Crippen LogP contribution >= 0.6 is 0 Å². The van der Waals surface area contributed by atoms with E-state index >= 15 is 0 Å². The van der Waals surface area contributed by atoms with Crippen molar-refractivity contribution in [1.29, 1.82) is 0 Å². The highest BCUT2D eigenvalue weighted by atomic mass is 16.5. The molecular formula is C16H14N4O3. The molecule has 0 atom stereocenters. The molecule has 0 unspecified atom stereocenters. The number of carbonyl (C=O) groups is 1. The second-order valence-corrected chi connectivity index (χ2v) is 4.94. The van der Waals surface area contributed by atoms with E-state index in [0.717, 1.165) is 16.8 Å². The van der Waals surface area contributed by atoms with Crippen LogP contribution in [0.2, 0.25) is 0 Å². The summed E-state index contributed by atoms with van der Waals surface area (Å²) in [6, 6.07) is 3.84. The lowest BCUT2D eigenvalue weighted by atomic mass is 10.1. The highest BCUT2D eigenvalue weighted by Crippen LogP contribution is 2.25. The number of hydrogen-bond donors (Lipinski definition) is 0. The number of ether oxygens (including phenoxy) is 1. The zero-order valence-corrected chi connectivity index (χ0v) is 12.7. The van der Waals surface area contributed by atoms with Gasteiger partial charge >= 0.3 is 0 Å². The van der Waals surface area contributed by atoms with Crippen LogP contribution in [-0.2, 0) is 6.61 Å². The van der Waals surface area contributed by atoms with Gasteiger partial charge in [-0.1, -0.05) is 5.16 Å². The van der Waals surface area contributed by atoms with Crippen LogP contribution in [0.15, 0.2) is 35.2 Å². The Bertz CT molecular complexity index is 810. The van der Waals surface area contributed by atoms with Gasteiger partial charge in [-0.25, -0.2) is 9.97 Å². The predicted molar refractivity (Wildman–Crippen MR) is 81.0 cm³/mol. The lowest BCUT2D eigenvalue weighted by Gasteiger charge is -2.05. The summed E-state index contributed by atoms with van der Waals surface area (Å²) in [5.41, 5.74) is 3.54. The van der Waals surface area contributed by atoms with Gasteiger partial charge in [-0.05, 0) is 26.0 Å². The first-order valence-electron chi connectivity index (χ1n) is 6.95. The Balaban J connectivity index is 1.81. The molecule has 0 radical (unpaired) electrons. The van der Waals surface area contributed by atoms with Crippen molar-refractivity contribution >= 4 is 6.29 Å². The highest BCUT2D eigenvalue weighted by molar-refractivity contribution is 5.70. The van der Waals surface area contributed by atoms with E-state index < -0.39 is 0 Å². The number of carbonyl (C=O) groups excluding carboxylic acids is 1. The molecule has 0 spiro atoms. The average molecular weight is 310 g/mol. The van der Waals surface area contributed by atoms with Crippen molar-refractivity contribution in [2.24, 2.45) is 0 Å². The molecule has 3 aromatic heterocycles. The third-order valence-corrected chi connectivity index (χ3v) is 3.30. The smallest absolute Gasteiger partial charge is 0.232 e. The maximum absolute atomic E-state index is 10.6. The molecular weight excluding hydrogens is 296 g/mol. The zero-order valence-electron chi connectivity index (χ0n) is 12.7. The summed E-state index contributed by atoms with van der Waals surface area (Å²) in [7, 11) is 0. The van der Waals surface area contributed by atoms with E-state index in [1.807, 2.05) is 26.0 Å². The van der Waals surface area contributed by atoms with Gasteiger partial charge in [0, 0.05) is 17.5 Å². The first kappa shape index (κ1) is 14.8. The molecule has 0 aliphatic rings. The van der Waals surface area contributed by atoms with Gasteiger partial charge in [0.2, 0.25) is 5.88 Å². The Morgan fingerprint density at radius 1 is 1.13 bits per heavy atom. The minimum absolute atomic E-state index is 0.230. The van der Waals surface area contributed by atoms with Crippen molar-refractivity contribution in [2.75, 3.05) is 0 Å². The van der Waals surface area contributed by atoms with E-state index in [1.165, 1.54) is 12.4 Å². The monoisotopic (exact) mass is 310 g/mol. The maximum Gasteiger partial charge on any atom is 0.232 e. The van der Waals surface area contributed by atoms with E-state index in [2.05, 4.69) is 20.1 Å². The van der Waals surface area contributed by atoms with Crippen LogP contribution in [0, 0.1) is 13.8 Å². The molecule has 0 saturated heterocycles. The second-order valence-electron chi connectivity index (χ2n) is 4.94. The van der Waals surface area contributed by atoms with Gasteiger partial charge in [-0.2, -0.15) is 0 Å². The van der Waals surface area contributed by atoms with Gasteiger partial charge in [-0.15, -0.1) is 0 Å². The molecule has 0 amide bonds. The van der Waals surface area contributed by atoms with Crippen LogP contribution in [-0.4, -0.2) is 26.4 Å². The van der Waals surface area contributed by atoms with Crippen molar-refractivity contribution in [3.63, 3.8) is 0 Å². The molecule has 0 N–H and O–H groups in total. The topological polar surface area (TPSA) is 91.0 Å². The summed E-state index contributed by atoms with van der Waals surface area (Å²) in [5, 5.41) is 4.08. The summed E-state index contributed by atoms with van der Waals surface area (Å²) in [4.78, 5) is 22.7. The lowest BCUT2D eigenvalue weighted by Crippen LogP contribution is -2.01. The summed E-state index contributed by atoms with van der Waals surface area (Å²) >= 11 is 0. The van der Waals surface area contributed by atoms with Crippen molar-refractivity contribution in [1.82, 2.24) is 20.1 Å². The van der Waals surface area contributed by atoms with Crippen LogP contribution in [0.25, 0.3) is 11.3 Å². The molecule has 0 aromatic carbocycles. The molecule has 0 aliphatic heterocycles. The van der Waals surface area contributed by atoms with Crippen LogP contribution in [0.3, 0.4) is 0 Å². The molecule has 0 bridgehead atoms. The van der Waals surface area contributed by atoms with Crippen molar-refractivity contribution in [3.8, 4) is 17.1 Å². The summed E-state index contributed by atoms with van der Waals surface area (Å²) in [6.07, 6.45) is 5.13.